The maximum Gasteiger partial charge on any atom is 0.328 e. The van der Waals surface area contributed by atoms with Crippen LogP contribution < -0.4 is 0 Å². The minimum Gasteiger partial charge on any atom is -0.467 e. The van der Waals surface area contributed by atoms with Gasteiger partial charge in [-0.1, -0.05) is 0 Å². The number of rotatable bonds is 2. The van der Waals surface area contributed by atoms with E-state index in [4.69, 9.17) is 20.8 Å². The lowest BCUT2D eigenvalue weighted by Gasteiger charge is -2.33. The predicted molar refractivity (Wildman–Crippen MR) is 64.4 cm³/mol. The highest BCUT2D eigenvalue weighted by Gasteiger charge is 2.34. The first-order valence-corrected chi connectivity index (χ1v) is 6.14. The first kappa shape index (κ1) is 13.0. The van der Waals surface area contributed by atoms with E-state index in [1.54, 1.807) is 0 Å². The van der Waals surface area contributed by atoms with Gasteiger partial charge in [0.15, 0.2) is 0 Å². The van der Waals surface area contributed by atoms with Crippen molar-refractivity contribution in [1.29, 1.82) is 0 Å². The summed E-state index contributed by atoms with van der Waals surface area (Å²) in [5.74, 6) is -0.675. The molecule has 1 aromatic rings. The van der Waals surface area contributed by atoms with Crippen LogP contribution in [0.4, 0.5) is 0 Å². The number of furan rings is 1. The molecule has 0 spiro atoms. The summed E-state index contributed by atoms with van der Waals surface area (Å²) < 4.78 is 9.63. The van der Waals surface area contributed by atoms with Crippen molar-refractivity contribution in [2.75, 3.05) is 13.7 Å². The molecule has 6 heteroatoms. The summed E-state index contributed by atoms with van der Waals surface area (Å²) in [6, 6.07) is 0.982. The zero-order valence-electron chi connectivity index (χ0n) is 10.0. The fourth-order valence-electron chi connectivity index (χ4n) is 2.16. The second-order valence-corrected chi connectivity index (χ2v) is 4.48. The number of amides is 1. The Bertz CT molecular complexity index is 457. The van der Waals surface area contributed by atoms with Crippen LogP contribution >= 0.6 is 11.6 Å². The average molecular weight is 272 g/mol. The molecule has 1 saturated heterocycles. The van der Waals surface area contributed by atoms with Gasteiger partial charge in [-0.15, -0.1) is 0 Å². The lowest BCUT2D eigenvalue weighted by molar-refractivity contribution is -0.147. The van der Waals surface area contributed by atoms with Gasteiger partial charge in [0, 0.05) is 6.54 Å². The number of likely N-dealkylation sites (tertiary alicyclic amines) is 1. The molecular weight excluding hydrogens is 258 g/mol. The Morgan fingerprint density at radius 3 is 2.89 bits per heavy atom. The smallest absolute Gasteiger partial charge is 0.328 e. The van der Waals surface area contributed by atoms with Crippen LogP contribution in [0.5, 0.6) is 0 Å². The second-order valence-electron chi connectivity index (χ2n) is 4.14. The van der Waals surface area contributed by atoms with E-state index in [2.05, 4.69) is 0 Å². The standard InChI is InChI=1S/C12H14ClNO4/c1-17-12(16)9-4-2-3-6-14(9)11(15)8-5-7-18-10(8)13/h5,7,9H,2-4,6H2,1H3/t9-/m1/s1. The maximum absolute atomic E-state index is 12.3. The lowest BCUT2D eigenvalue weighted by atomic mass is 10.0. The summed E-state index contributed by atoms with van der Waals surface area (Å²) in [6.07, 6.45) is 3.75. The second kappa shape index (κ2) is 5.44. The van der Waals surface area contributed by atoms with Gasteiger partial charge in [0.2, 0.25) is 5.22 Å². The number of carbonyl (C=O) groups is 2. The highest BCUT2D eigenvalue weighted by Crippen LogP contribution is 2.24. The van der Waals surface area contributed by atoms with E-state index >= 15 is 0 Å². The highest BCUT2D eigenvalue weighted by molar-refractivity contribution is 6.32. The normalized spacial score (nSPS) is 19.7. The fraction of sp³-hybridized carbons (Fsp3) is 0.500. The number of piperidine rings is 1. The van der Waals surface area contributed by atoms with Crippen molar-refractivity contribution in [3.63, 3.8) is 0 Å². The lowest BCUT2D eigenvalue weighted by Crippen LogP contribution is -2.48. The van der Waals surface area contributed by atoms with Gasteiger partial charge in [-0.05, 0) is 36.9 Å². The molecule has 0 aromatic carbocycles. The summed E-state index contributed by atoms with van der Waals surface area (Å²) in [5.41, 5.74) is 0.285. The number of halogens is 1. The van der Waals surface area contributed by atoms with Crippen LogP contribution in [0.1, 0.15) is 29.6 Å². The van der Waals surface area contributed by atoms with Gasteiger partial charge >= 0.3 is 5.97 Å². The van der Waals surface area contributed by atoms with E-state index in [-0.39, 0.29) is 22.7 Å². The molecule has 1 fully saturated rings. The number of ether oxygens (including phenoxy) is 1. The van der Waals surface area contributed by atoms with Crippen LogP contribution in [0, 0.1) is 0 Å². The summed E-state index contributed by atoms with van der Waals surface area (Å²) in [4.78, 5) is 25.5. The van der Waals surface area contributed by atoms with Crippen LogP contribution in [0.3, 0.4) is 0 Å². The first-order valence-electron chi connectivity index (χ1n) is 5.77. The molecule has 5 nitrogen and oxygen atoms in total. The van der Waals surface area contributed by atoms with Gasteiger partial charge < -0.3 is 14.1 Å². The van der Waals surface area contributed by atoms with Gasteiger partial charge in [-0.25, -0.2) is 4.79 Å². The van der Waals surface area contributed by atoms with Crippen LogP contribution in [-0.2, 0) is 9.53 Å². The third-order valence-electron chi connectivity index (χ3n) is 3.09. The monoisotopic (exact) mass is 271 g/mol. The first-order chi connectivity index (χ1) is 8.65. The molecule has 1 aliphatic heterocycles. The summed E-state index contributed by atoms with van der Waals surface area (Å²) in [5, 5.41) is 0.0502. The van der Waals surface area contributed by atoms with Gasteiger partial charge in [0.05, 0.1) is 18.9 Å². The molecule has 2 heterocycles. The predicted octanol–water partition coefficient (Wildman–Crippen LogP) is 2.10. The zero-order valence-corrected chi connectivity index (χ0v) is 10.8. The van der Waals surface area contributed by atoms with E-state index in [0.717, 1.165) is 12.8 Å². The third kappa shape index (κ3) is 2.36. The number of carbonyl (C=O) groups excluding carboxylic acids is 2. The Balaban J connectivity index is 2.21. The largest absolute Gasteiger partial charge is 0.467 e. The van der Waals surface area contributed by atoms with Crippen molar-refractivity contribution in [3.8, 4) is 0 Å². The van der Waals surface area contributed by atoms with Crippen molar-refractivity contribution in [3.05, 3.63) is 23.1 Å². The van der Waals surface area contributed by atoms with Crippen LogP contribution in [0.15, 0.2) is 16.7 Å². The minimum absolute atomic E-state index is 0.0502. The molecule has 18 heavy (non-hydrogen) atoms. The number of methoxy groups -OCH3 is 1. The Labute approximate surface area is 110 Å². The zero-order chi connectivity index (χ0) is 13.1. The number of esters is 1. The van der Waals surface area contributed by atoms with Crippen molar-refractivity contribution in [2.24, 2.45) is 0 Å². The van der Waals surface area contributed by atoms with Gasteiger partial charge in [0.25, 0.3) is 5.91 Å². The van der Waals surface area contributed by atoms with E-state index in [0.29, 0.717) is 13.0 Å². The highest BCUT2D eigenvalue weighted by atomic mass is 35.5. The number of hydrogen-bond acceptors (Lipinski definition) is 4. The van der Waals surface area contributed by atoms with Gasteiger partial charge in [-0.2, -0.15) is 0 Å². The number of nitrogens with zero attached hydrogens (tertiary/aromatic N) is 1. The molecule has 0 radical (unpaired) electrons. The molecule has 2 rings (SSSR count). The Kier molecular flexibility index (Phi) is 3.91. The summed E-state index contributed by atoms with van der Waals surface area (Å²) in [7, 11) is 1.32. The van der Waals surface area contributed by atoms with Crippen molar-refractivity contribution >= 4 is 23.5 Å². The Morgan fingerprint density at radius 1 is 1.50 bits per heavy atom. The molecule has 0 unspecified atom stereocenters. The molecule has 1 aliphatic rings. The Morgan fingerprint density at radius 2 is 2.28 bits per heavy atom. The number of hydrogen-bond donors (Lipinski definition) is 0. The van der Waals surface area contributed by atoms with E-state index < -0.39 is 6.04 Å². The van der Waals surface area contributed by atoms with E-state index in [1.807, 2.05) is 0 Å². The molecule has 1 amide bonds. The third-order valence-corrected chi connectivity index (χ3v) is 3.38. The Hall–Kier alpha value is -1.49. The van der Waals surface area contributed by atoms with Gasteiger partial charge in [-0.3, -0.25) is 4.79 Å². The van der Waals surface area contributed by atoms with Crippen LogP contribution in [0.25, 0.3) is 0 Å². The molecule has 98 valence electrons. The van der Waals surface area contributed by atoms with Crippen LogP contribution in [0.2, 0.25) is 5.22 Å². The van der Waals surface area contributed by atoms with Crippen molar-refractivity contribution in [2.45, 2.75) is 25.3 Å². The molecule has 0 bridgehead atoms. The SMILES string of the molecule is COC(=O)[C@H]1CCCCN1C(=O)c1ccoc1Cl. The molecule has 1 atom stereocenters. The van der Waals surface area contributed by atoms with Crippen molar-refractivity contribution < 1.29 is 18.7 Å². The quantitative estimate of drug-likeness (QED) is 0.773. The average Bonchev–Trinajstić information content (AvgIpc) is 2.83. The molecule has 0 aliphatic carbocycles. The molecule has 0 saturated carbocycles. The topological polar surface area (TPSA) is 59.8 Å². The van der Waals surface area contributed by atoms with Crippen LogP contribution in [-0.4, -0.2) is 36.5 Å². The van der Waals surface area contributed by atoms with Gasteiger partial charge in [0.1, 0.15) is 6.04 Å². The van der Waals surface area contributed by atoms with E-state index in [9.17, 15) is 9.59 Å². The molecule has 0 N–H and O–H groups in total. The van der Waals surface area contributed by atoms with Crippen molar-refractivity contribution in [1.82, 2.24) is 4.90 Å². The minimum atomic E-state index is -0.526. The fourth-order valence-corrected chi connectivity index (χ4v) is 2.35. The molecule has 1 aromatic heterocycles. The van der Waals surface area contributed by atoms with E-state index in [1.165, 1.54) is 24.3 Å². The summed E-state index contributed by atoms with van der Waals surface area (Å²) >= 11 is 5.78. The maximum atomic E-state index is 12.3. The molecular formula is C12H14ClNO4. The summed E-state index contributed by atoms with van der Waals surface area (Å²) in [6.45, 7) is 0.528.